The highest BCUT2D eigenvalue weighted by molar-refractivity contribution is 6.55. The monoisotopic (exact) mass is 570 g/mol. The average Bonchev–Trinajstić information content (AvgIpc) is 3.08. The van der Waals surface area contributed by atoms with Gasteiger partial charge in [0, 0.05) is 10.7 Å². The van der Waals surface area contributed by atoms with Gasteiger partial charge in [0.25, 0.3) is 17.7 Å². The molecule has 2 aliphatic heterocycles. The van der Waals surface area contributed by atoms with Crippen LogP contribution in [-0.2, 0) is 4.79 Å². The van der Waals surface area contributed by atoms with E-state index in [1.165, 1.54) is 29.2 Å². The zero-order valence-electron chi connectivity index (χ0n) is 17.6. The molecule has 0 aromatic heterocycles. The number of rotatable bonds is 3. The van der Waals surface area contributed by atoms with Crippen LogP contribution in [0.15, 0.2) is 42.5 Å². The van der Waals surface area contributed by atoms with E-state index in [4.69, 9.17) is 58.0 Å². The maximum atomic E-state index is 13.7. The summed E-state index contributed by atoms with van der Waals surface area (Å²) >= 11 is 31.0. The van der Waals surface area contributed by atoms with Crippen LogP contribution in [0.5, 0.6) is 0 Å². The molecule has 1 saturated heterocycles. The Labute approximate surface area is 223 Å². The van der Waals surface area contributed by atoms with E-state index in [2.05, 4.69) is 0 Å². The van der Waals surface area contributed by atoms with E-state index in [1.54, 1.807) is 18.2 Å². The molecule has 5 nitrogen and oxygen atoms in total. The Hall–Kier alpha value is -2.35. The molecule has 0 unspecified atom stereocenters. The van der Waals surface area contributed by atoms with Gasteiger partial charge in [-0.05, 0) is 42.3 Å². The SMILES string of the molecule is Cc1ccc(N2C(=O)[C@H](N3C(=O)c4c(Cl)c(Cl)c(Cl)c(Cl)c4C3=O)[C@H]2c2ccc(F)cc2)cc1Cl. The van der Waals surface area contributed by atoms with Crippen LogP contribution in [0.1, 0.15) is 37.9 Å². The van der Waals surface area contributed by atoms with Crippen LogP contribution in [0, 0.1) is 12.7 Å². The number of carbonyl (C=O) groups excluding carboxylic acids is 3. The zero-order chi connectivity index (χ0) is 25.3. The van der Waals surface area contributed by atoms with Gasteiger partial charge in [0.1, 0.15) is 11.9 Å². The van der Waals surface area contributed by atoms with Gasteiger partial charge >= 0.3 is 0 Å². The second-order valence-corrected chi connectivity index (χ2v) is 9.99. The molecule has 178 valence electrons. The van der Waals surface area contributed by atoms with Gasteiger partial charge in [-0.2, -0.15) is 0 Å². The summed E-state index contributed by atoms with van der Waals surface area (Å²) < 4.78 is 13.7. The summed E-state index contributed by atoms with van der Waals surface area (Å²) in [5.74, 6) is -2.69. The molecule has 0 N–H and O–H groups in total. The first kappa shape index (κ1) is 24.3. The van der Waals surface area contributed by atoms with Gasteiger partial charge in [-0.25, -0.2) is 4.39 Å². The van der Waals surface area contributed by atoms with Crippen molar-refractivity contribution in [3.05, 3.63) is 95.6 Å². The summed E-state index contributed by atoms with van der Waals surface area (Å²) in [7, 11) is 0. The average molecular weight is 573 g/mol. The van der Waals surface area contributed by atoms with Crippen LogP contribution in [0.4, 0.5) is 10.1 Å². The standard InChI is InChI=1S/C24H12Cl5FN2O3/c1-9-2-7-12(8-13(9)25)31-20(10-3-5-11(30)6-4-10)21(24(31)35)32-22(33)14-15(23(32)34)17(27)19(29)18(28)16(14)26/h2-8,20-21H,1H3/t20-,21-/m1/s1. The van der Waals surface area contributed by atoms with E-state index in [0.29, 0.717) is 16.3 Å². The van der Waals surface area contributed by atoms with Gasteiger partial charge in [-0.15, -0.1) is 0 Å². The molecule has 0 radical (unpaired) electrons. The normalized spacial score (nSPS) is 19.3. The summed E-state index contributed by atoms with van der Waals surface area (Å²) in [6, 6.07) is 8.38. The number of halogens is 6. The summed E-state index contributed by atoms with van der Waals surface area (Å²) in [6.07, 6.45) is 0. The molecular weight excluding hydrogens is 561 g/mol. The molecule has 2 atom stereocenters. The van der Waals surface area contributed by atoms with Crippen molar-refractivity contribution >= 4 is 81.4 Å². The first-order chi connectivity index (χ1) is 16.5. The van der Waals surface area contributed by atoms with Crippen LogP contribution in [0.25, 0.3) is 0 Å². The molecule has 2 heterocycles. The lowest BCUT2D eigenvalue weighted by atomic mass is 9.86. The number of imide groups is 1. The maximum absolute atomic E-state index is 13.7. The third kappa shape index (κ3) is 3.54. The first-order valence-corrected chi connectivity index (χ1v) is 12.0. The molecule has 2 aliphatic rings. The van der Waals surface area contributed by atoms with Crippen LogP contribution in [0.3, 0.4) is 0 Å². The number of nitrogens with zero attached hydrogens (tertiary/aromatic N) is 2. The van der Waals surface area contributed by atoms with Gasteiger partial charge in [-0.1, -0.05) is 76.2 Å². The smallest absolute Gasteiger partial charge is 0.264 e. The Bertz CT molecular complexity index is 1410. The molecule has 3 aromatic carbocycles. The van der Waals surface area contributed by atoms with E-state index < -0.39 is 35.6 Å². The van der Waals surface area contributed by atoms with Crippen LogP contribution in [0.2, 0.25) is 25.1 Å². The van der Waals surface area contributed by atoms with E-state index in [-0.39, 0.29) is 31.2 Å². The maximum Gasteiger partial charge on any atom is 0.264 e. The predicted octanol–water partition coefficient (Wildman–Crippen LogP) is 7.15. The van der Waals surface area contributed by atoms with Gasteiger partial charge in [-0.3, -0.25) is 19.3 Å². The summed E-state index contributed by atoms with van der Waals surface area (Å²) in [6.45, 7) is 1.81. The lowest BCUT2D eigenvalue weighted by Crippen LogP contribution is -2.67. The van der Waals surface area contributed by atoms with Crippen LogP contribution in [-0.4, -0.2) is 28.7 Å². The lowest BCUT2D eigenvalue weighted by Gasteiger charge is -2.49. The minimum Gasteiger partial charge on any atom is -0.300 e. The number of aryl methyl sites for hydroxylation is 1. The Morgan fingerprint density at radius 2 is 1.26 bits per heavy atom. The van der Waals surface area contributed by atoms with Crippen LogP contribution >= 0.6 is 58.0 Å². The van der Waals surface area contributed by atoms with E-state index in [9.17, 15) is 18.8 Å². The third-order valence-electron chi connectivity index (χ3n) is 6.12. The fourth-order valence-corrected chi connectivity index (χ4v) is 5.54. The number of fused-ring (bicyclic) bond motifs is 1. The van der Waals surface area contributed by atoms with Crippen molar-refractivity contribution in [2.24, 2.45) is 0 Å². The fraction of sp³-hybridized carbons (Fsp3) is 0.125. The molecule has 0 aliphatic carbocycles. The molecular formula is C24H12Cl5FN2O3. The number of carbonyl (C=O) groups is 3. The molecule has 11 heteroatoms. The first-order valence-electron chi connectivity index (χ1n) is 10.1. The zero-order valence-corrected chi connectivity index (χ0v) is 21.4. The molecule has 3 amide bonds. The van der Waals surface area contributed by atoms with Gasteiger partial charge < -0.3 is 4.90 Å². The molecule has 5 rings (SSSR count). The number of β-lactam (4-membered cyclic amide) rings is 1. The van der Waals surface area contributed by atoms with Gasteiger partial charge in [0.05, 0.1) is 37.3 Å². The number of amides is 3. The molecule has 1 fully saturated rings. The van der Waals surface area contributed by atoms with Crippen molar-refractivity contribution in [1.82, 2.24) is 4.90 Å². The van der Waals surface area contributed by atoms with E-state index in [1.807, 2.05) is 6.92 Å². The highest BCUT2D eigenvalue weighted by Crippen LogP contribution is 2.49. The Morgan fingerprint density at radius 3 is 1.77 bits per heavy atom. The number of benzene rings is 3. The summed E-state index contributed by atoms with van der Waals surface area (Å²) in [4.78, 5) is 42.5. The van der Waals surface area contributed by atoms with Crippen molar-refractivity contribution < 1.29 is 18.8 Å². The van der Waals surface area contributed by atoms with Crippen molar-refractivity contribution in [3.8, 4) is 0 Å². The topological polar surface area (TPSA) is 57.7 Å². The van der Waals surface area contributed by atoms with Crippen molar-refractivity contribution in [1.29, 1.82) is 0 Å². The van der Waals surface area contributed by atoms with Gasteiger partial charge in [0.15, 0.2) is 0 Å². The molecule has 35 heavy (non-hydrogen) atoms. The summed E-state index contributed by atoms with van der Waals surface area (Å²) in [5.41, 5.74) is 1.31. The minimum absolute atomic E-state index is 0.175. The second-order valence-electron chi connectivity index (χ2n) is 8.07. The van der Waals surface area contributed by atoms with E-state index >= 15 is 0 Å². The molecule has 3 aromatic rings. The van der Waals surface area contributed by atoms with E-state index in [0.717, 1.165) is 10.5 Å². The van der Waals surface area contributed by atoms with Crippen molar-refractivity contribution in [2.45, 2.75) is 19.0 Å². The quantitative estimate of drug-likeness (QED) is 0.145. The van der Waals surface area contributed by atoms with Crippen molar-refractivity contribution in [2.75, 3.05) is 4.90 Å². The number of anilines is 1. The fourth-order valence-electron chi connectivity index (χ4n) is 4.36. The number of hydrogen-bond acceptors (Lipinski definition) is 3. The Balaban J connectivity index is 1.64. The second kappa shape index (κ2) is 8.64. The molecule has 0 bridgehead atoms. The van der Waals surface area contributed by atoms with Crippen molar-refractivity contribution in [3.63, 3.8) is 0 Å². The molecule has 0 saturated carbocycles. The highest BCUT2D eigenvalue weighted by Gasteiger charge is 2.58. The highest BCUT2D eigenvalue weighted by atomic mass is 35.5. The van der Waals surface area contributed by atoms with Gasteiger partial charge in [0.2, 0.25) is 0 Å². The minimum atomic E-state index is -1.25. The number of hydrogen-bond donors (Lipinski definition) is 0. The lowest BCUT2D eigenvalue weighted by molar-refractivity contribution is -0.130. The Kier molecular flexibility index (Phi) is 6.01. The third-order valence-corrected chi connectivity index (χ3v) is 8.33. The molecule has 0 spiro atoms. The summed E-state index contributed by atoms with van der Waals surface area (Å²) in [5, 5.41) is -0.384. The van der Waals surface area contributed by atoms with Crippen LogP contribution < -0.4 is 4.90 Å². The largest absolute Gasteiger partial charge is 0.300 e. The predicted molar refractivity (Wildman–Crippen MR) is 134 cm³/mol. The Morgan fingerprint density at radius 1 is 0.714 bits per heavy atom.